The number of hydrogen-bond donors (Lipinski definition) is 2. The largest absolute Gasteiger partial charge is 0.392 e. The van der Waals surface area contributed by atoms with Gasteiger partial charge in [-0.1, -0.05) is 12.1 Å². The van der Waals surface area contributed by atoms with Gasteiger partial charge in [-0.15, -0.1) is 0 Å². The van der Waals surface area contributed by atoms with Crippen molar-refractivity contribution in [1.29, 1.82) is 0 Å². The highest BCUT2D eigenvalue weighted by atomic mass is 32.2. The molecule has 0 saturated carbocycles. The summed E-state index contributed by atoms with van der Waals surface area (Å²) in [5, 5.41) is 9.16. The molecule has 2 N–H and O–H groups in total. The standard InChI is InChI=1S/C16H25FN2O3S/c1-13(20)10-18-23(21,22)12-15-6-8-19(9-7-15)11-14-2-4-16(17)5-3-14/h2-5,13,15,18,20H,6-12H2,1H3/t13-/m1/s1. The van der Waals surface area contributed by atoms with Crippen molar-refractivity contribution in [3.8, 4) is 0 Å². The fourth-order valence-electron chi connectivity index (χ4n) is 2.78. The maximum atomic E-state index is 12.9. The van der Waals surface area contributed by atoms with Crippen LogP contribution in [0.3, 0.4) is 0 Å². The SMILES string of the molecule is C[C@@H](O)CNS(=O)(=O)CC1CCN(Cc2ccc(F)cc2)CC1. The van der Waals surface area contributed by atoms with Crippen molar-refractivity contribution < 1.29 is 17.9 Å². The average Bonchev–Trinajstić information content (AvgIpc) is 2.49. The van der Waals surface area contributed by atoms with E-state index in [1.807, 2.05) is 0 Å². The molecule has 0 spiro atoms. The summed E-state index contributed by atoms with van der Waals surface area (Å²) in [7, 11) is -3.33. The summed E-state index contributed by atoms with van der Waals surface area (Å²) in [5.74, 6) is 0.0257. The van der Waals surface area contributed by atoms with E-state index in [2.05, 4.69) is 9.62 Å². The maximum absolute atomic E-state index is 12.9. The lowest BCUT2D eigenvalue weighted by atomic mass is 9.98. The van der Waals surface area contributed by atoms with Crippen LogP contribution in [0.15, 0.2) is 24.3 Å². The first-order chi connectivity index (χ1) is 10.8. The van der Waals surface area contributed by atoms with Gasteiger partial charge in [0.05, 0.1) is 11.9 Å². The zero-order valence-electron chi connectivity index (χ0n) is 13.4. The van der Waals surface area contributed by atoms with Crippen LogP contribution in [0.25, 0.3) is 0 Å². The summed E-state index contributed by atoms with van der Waals surface area (Å²) in [6, 6.07) is 6.49. The van der Waals surface area contributed by atoms with Crippen LogP contribution in [-0.2, 0) is 16.6 Å². The molecule has 1 heterocycles. The zero-order chi connectivity index (χ0) is 16.9. The molecular formula is C16H25FN2O3S. The van der Waals surface area contributed by atoms with Gasteiger partial charge in [-0.05, 0) is 56.5 Å². The van der Waals surface area contributed by atoms with Crippen LogP contribution in [0, 0.1) is 11.7 Å². The third kappa shape index (κ3) is 6.55. The second-order valence-electron chi connectivity index (χ2n) is 6.32. The van der Waals surface area contributed by atoms with E-state index in [1.165, 1.54) is 12.1 Å². The molecule has 0 aliphatic carbocycles. The number of nitrogens with one attached hydrogen (secondary N) is 1. The number of halogens is 1. The predicted octanol–water partition coefficient (Wildman–Crippen LogP) is 1.34. The number of sulfonamides is 1. The highest BCUT2D eigenvalue weighted by Crippen LogP contribution is 2.20. The molecule has 5 nitrogen and oxygen atoms in total. The van der Waals surface area contributed by atoms with E-state index >= 15 is 0 Å². The highest BCUT2D eigenvalue weighted by Gasteiger charge is 2.24. The minimum absolute atomic E-state index is 0.0613. The molecule has 1 aliphatic rings. The number of rotatable bonds is 7. The van der Waals surface area contributed by atoms with E-state index in [-0.39, 0.29) is 24.0 Å². The van der Waals surface area contributed by atoms with Crippen molar-refractivity contribution in [2.24, 2.45) is 5.92 Å². The molecule has 1 aromatic rings. The Morgan fingerprint density at radius 3 is 2.48 bits per heavy atom. The molecule has 0 bridgehead atoms. The molecule has 130 valence electrons. The molecule has 0 radical (unpaired) electrons. The van der Waals surface area contributed by atoms with Crippen LogP contribution in [0.5, 0.6) is 0 Å². The molecule has 1 aliphatic heterocycles. The van der Waals surface area contributed by atoms with Crippen LogP contribution in [0.4, 0.5) is 4.39 Å². The summed E-state index contributed by atoms with van der Waals surface area (Å²) in [6.45, 7) is 4.06. The van der Waals surface area contributed by atoms with E-state index in [4.69, 9.17) is 5.11 Å². The number of aliphatic hydroxyl groups excluding tert-OH is 1. The normalized spacial score (nSPS) is 18.9. The van der Waals surface area contributed by atoms with E-state index in [0.717, 1.165) is 38.0 Å². The molecule has 0 aromatic heterocycles. The summed E-state index contributed by atoms with van der Waals surface area (Å²) in [4.78, 5) is 2.26. The van der Waals surface area contributed by atoms with Crippen molar-refractivity contribution in [3.63, 3.8) is 0 Å². The Bertz CT molecular complexity index is 582. The number of likely N-dealkylation sites (tertiary alicyclic amines) is 1. The topological polar surface area (TPSA) is 69.6 Å². The molecule has 23 heavy (non-hydrogen) atoms. The molecule has 1 atom stereocenters. The average molecular weight is 344 g/mol. The second-order valence-corrected chi connectivity index (χ2v) is 8.18. The number of piperidine rings is 1. The lowest BCUT2D eigenvalue weighted by molar-refractivity contribution is 0.185. The van der Waals surface area contributed by atoms with Crippen molar-refractivity contribution in [2.75, 3.05) is 25.4 Å². The number of benzene rings is 1. The van der Waals surface area contributed by atoms with Gasteiger partial charge in [-0.2, -0.15) is 0 Å². The predicted molar refractivity (Wildman–Crippen MR) is 87.9 cm³/mol. The molecule has 1 saturated heterocycles. The summed E-state index contributed by atoms with van der Waals surface area (Å²) in [6.07, 6.45) is 0.982. The van der Waals surface area contributed by atoms with E-state index in [9.17, 15) is 12.8 Å². The lowest BCUT2D eigenvalue weighted by Gasteiger charge is -2.31. The van der Waals surface area contributed by atoms with Gasteiger partial charge >= 0.3 is 0 Å². The Hall–Kier alpha value is -1.02. The van der Waals surface area contributed by atoms with Crippen LogP contribution in [0.2, 0.25) is 0 Å². The van der Waals surface area contributed by atoms with E-state index in [1.54, 1.807) is 19.1 Å². The van der Waals surface area contributed by atoms with E-state index < -0.39 is 16.1 Å². The molecule has 1 aromatic carbocycles. The van der Waals surface area contributed by atoms with Gasteiger partial charge in [0.25, 0.3) is 0 Å². The minimum Gasteiger partial charge on any atom is -0.392 e. The first kappa shape index (κ1) is 18.3. The van der Waals surface area contributed by atoms with Gasteiger partial charge in [0.2, 0.25) is 10.0 Å². The van der Waals surface area contributed by atoms with Crippen LogP contribution in [-0.4, -0.2) is 49.9 Å². The second kappa shape index (κ2) is 8.19. The Balaban J connectivity index is 1.76. The highest BCUT2D eigenvalue weighted by molar-refractivity contribution is 7.89. The number of nitrogens with zero attached hydrogens (tertiary/aromatic N) is 1. The fourth-order valence-corrected chi connectivity index (χ4v) is 4.34. The van der Waals surface area contributed by atoms with Gasteiger partial charge in [-0.25, -0.2) is 17.5 Å². The van der Waals surface area contributed by atoms with Crippen molar-refractivity contribution in [2.45, 2.75) is 32.4 Å². The van der Waals surface area contributed by atoms with Crippen molar-refractivity contribution >= 4 is 10.0 Å². The molecule has 1 fully saturated rings. The molecular weight excluding hydrogens is 319 g/mol. The lowest BCUT2D eigenvalue weighted by Crippen LogP contribution is -2.39. The van der Waals surface area contributed by atoms with Crippen molar-refractivity contribution in [1.82, 2.24) is 9.62 Å². The molecule has 7 heteroatoms. The molecule has 0 amide bonds. The van der Waals surface area contributed by atoms with Crippen molar-refractivity contribution in [3.05, 3.63) is 35.6 Å². The zero-order valence-corrected chi connectivity index (χ0v) is 14.2. The quantitative estimate of drug-likeness (QED) is 0.783. The Morgan fingerprint density at radius 2 is 1.91 bits per heavy atom. The number of hydrogen-bond acceptors (Lipinski definition) is 4. The first-order valence-electron chi connectivity index (χ1n) is 7.96. The third-order valence-corrected chi connectivity index (χ3v) is 5.60. The van der Waals surface area contributed by atoms with E-state index in [0.29, 0.717) is 0 Å². The van der Waals surface area contributed by atoms with Gasteiger partial charge < -0.3 is 5.11 Å². The Labute approximate surface area is 137 Å². The van der Waals surface area contributed by atoms with Gasteiger partial charge in [0.1, 0.15) is 5.82 Å². The Morgan fingerprint density at radius 1 is 1.30 bits per heavy atom. The summed E-state index contributed by atoms with van der Waals surface area (Å²) < 4.78 is 39.2. The minimum atomic E-state index is -3.33. The first-order valence-corrected chi connectivity index (χ1v) is 9.61. The summed E-state index contributed by atoms with van der Waals surface area (Å²) >= 11 is 0. The fraction of sp³-hybridized carbons (Fsp3) is 0.625. The summed E-state index contributed by atoms with van der Waals surface area (Å²) in [5.41, 5.74) is 1.07. The smallest absolute Gasteiger partial charge is 0.211 e. The van der Waals surface area contributed by atoms with Crippen LogP contribution >= 0.6 is 0 Å². The van der Waals surface area contributed by atoms with Gasteiger partial charge in [-0.3, -0.25) is 4.90 Å². The van der Waals surface area contributed by atoms with Gasteiger partial charge in [0.15, 0.2) is 0 Å². The maximum Gasteiger partial charge on any atom is 0.211 e. The van der Waals surface area contributed by atoms with Gasteiger partial charge in [0, 0.05) is 13.1 Å². The number of aliphatic hydroxyl groups is 1. The van der Waals surface area contributed by atoms with Crippen LogP contribution < -0.4 is 4.72 Å². The molecule has 0 unspecified atom stereocenters. The third-order valence-electron chi connectivity index (χ3n) is 4.08. The monoisotopic (exact) mass is 344 g/mol. The Kier molecular flexibility index (Phi) is 6.52. The molecule has 2 rings (SSSR count). The van der Waals surface area contributed by atoms with Crippen LogP contribution in [0.1, 0.15) is 25.3 Å².